The number of benzene rings is 2. The molecule has 31 heavy (non-hydrogen) atoms. The van der Waals surface area contributed by atoms with Gasteiger partial charge in [-0.15, -0.1) is 0 Å². The van der Waals surface area contributed by atoms with Crippen LogP contribution in [0.15, 0.2) is 53.2 Å². The Kier molecular flexibility index (Phi) is 5.51. The summed E-state index contributed by atoms with van der Waals surface area (Å²) >= 11 is 0. The molecule has 0 bridgehead atoms. The second kappa shape index (κ2) is 8.26. The van der Waals surface area contributed by atoms with E-state index in [1.165, 1.54) is 0 Å². The number of anilines is 1. The molecule has 0 radical (unpaired) electrons. The Hall–Kier alpha value is -3.60. The lowest BCUT2D eigenvalue weighted by molar-refractivity contribution is -0.111. The van der Waals surface area contributed by atoms with E-state index in [9.17, 15) is 4.79 Å². The number of amides is 1. The van der Waals surface area contributed by atoms with Gasteiger partial charge in [-0.2, -0.15) is 0 Å². The smallest absolute Gasteiger partial charge is 0.248 e. The van der Waals surface area contributed by atoms with Gasteiger partial charge in [0.25, 0.3) is 0 Å². The number of hydrogen-bond donors (Lipinski definition) is 1. The van der Waals surface area contributed by atoms with E-state index in [2.05, 4.69) is 10.3 Å². The Morgan fingerprint density at radius 2 is 1.94 bits per heavy atom. The first-order valence-corrected chi connectivity index (χ1v) is 10.4. The maximum Gasteiger partial charge on any atom is 0.248 e. The first kappa shape index (κ1) is 20.7. The third-order valence-corrected chi connectivity index (χ3v) is 5.40. The number of allylic oxidation sites excluding steroid dienone is 1. The summed E-state index contributed by atoms with van der Waals surface area (Å²) < 4.78 is 11.7. The van der Waals surface area contributed by atoms with Gasteiger partial charge in [-0.3, -0.25) is 9.78 Å². The quantitative estimate of drug-likeness (QED) is 0.387. The molecule has 0 atom stereocenters. The molecule has 0 spiro atoms. The van der Waals surface area contributed by atoms with Gasteiger partial charge < -0.3 is 14.5 Å². The Labute approximate surface area is 181 Å². The highest BCUT2D eigenvalue weighted by Gasteiger charge is 2.17. The fraction of sp³-hybridized carbons (Fsp3) is 0.231. The predicted octanol–water partition coefficient (Wildman–Crippen LogP) is 6.35. The van der Waals surface area contributed by atoms with E-state index >= 15 is 0 Å². The lowest BCUT2D eigenvalue weighted by atomic mass is 9.98. The molecular formula is C26H26N2O3. The summed E-state index contributed by atoms with van der Waals surface area (Å²) in [6.45, 7) is 10.3. The fourth-order valence-electron chi connectivity index (χ4n) is 3.92. The van der Waals surface area contributed by atoms with Crippen molar-refractivity contribution in [3.63, 3.8) is 0 Å². The zero-order valence-corrected chi connectivity index (χ0v) is 18.5. The van der Waals surface area contributed by atoms with Crippen LogP contribution < -0.4 is 10.1 Å². The molecule has 0 unspecified atom stereocenters. The van der Waals surface area contributed by atoms with E-state index in [-0.39, 0.29) is 5.91 Å². The van der Waals surface area contributed by atoms with Crippen LogP contribution in [0.3, 0.4) is 0 Å². The van der Waals surface area contributed by atoms with Crippen molar-refractivity contribution in [1.29, 1.82) is 0 Å². The maximum absolute atomic E-state index is 12.9. The highest BCUT2D eigenvalue weighted by Crippen LogP contribution is 2.37. The summed E-state index contributed by atoms with van der Waals surface area (Å²) in [4.78, 5) is 17.5. The Bertz CT molecular complexity index is 1330. The van der Waals surface area contributed by atoms with Crippen LogP contribution in [0, 0.1) is 20.8 Å². The minimum Gasteiger partial charge on any atom is -0.493 e. The van der Waals surface area contributed by atoms with Gasteiger partial charge in [0.1, 0.15) is 11.3 Å². The Morgan fingerprint density at radius 1 is 1.16 bits per heavy atom. The second-order valence-corrected chi connectivity index (χ2v) is 7.75. The number of hydrogen-bond acceptors (Lipinski definition) is 4. The lowest BCUT2D eigenvalue weighted by Gasteiger charge is -2.15. The number of ether oxygens (including phenoxy) is 1. The van der Waals surface area contributed by atoms with Gasteiger partial charge in [0, 0.05) is 33.7 Å². The van der Waals surface area contributed by atoms with Crippen molar-refractivity contribution in [1.82, 2.24) is 4.98 Å². The van der Waals surface area contributed by atoms with Gasteiger partial charge in [0.15, 0.2) is 0 Å². The topological polar surface area (TPSA) is 64.4 Å². The molecule has 4 rings (SSSR count). The van der Waals surface area contributed by atoms with Crippen molar-refractivity contribution in [2.24, 2.45) is 0 Å². The summed E-state index contributed by atoms with van der Waals surface area (Å²) in [6, 6.07) is 11.7. The number of carbonyl (C=O) groups is 1. The SMILES string of the molecule is CCOc1c(/C(C)=C/C(=O)Nc2cc(C)nc3ccccc23)cc2c(C)coc2c1C. The summed E-state index contributed by atoms with van der Waals surface area (Å²) in [5.74, 6) is 0.550. The molecule has 4 aromatic rings. The normalized spacial score (nSPS) is 11.8. The molecule has 158 valence electrons. The summed E-state index contributed by atoms with van der Waals surface area (Å²) in [5.41, 5.74) is 6.98. The number of para-hydroxylation sites is 1. The van der Waals surface area contributed by atoms with Crippen LogP contribution in [0.4, 0.5) is 5.69 Å². The molecule has 2 aromatic heterocycles. The van der Waals surface area contributed by atoms with Crippen LogP contribution in [-0.4, -0.2) is 17.5 Å². The molecule has 0 aliphatic rings. The van der Waals surface area contributed by atoms with E-state index in [0.717, 1.165) is 61.3 Å². The van der Waals surface area contributed by atoms with Crippen LogP contribution in [0.1, 0.15) is 36.2 Å². The van der Waals surface area contributed by atoms with Crippen LogP contribution in [0.5, 0.6) is 5.75 Å². The zero-order chi connectivity index (χ0) is 22.1. The molecule has 2 heterocycles. The predicted molar refractivity (Wildman–Crippen MR) is 126 cm³/mol. The van der Waals surface area contributed by atoms with Crippen molar-refractivity contribution in [3.05, 3.63) is 71.1 Å². The van der Waals surface area contributed by atoms with Gasteiger partial charge in [0.05, 0.1) is 24.1 Å². The number of furan rings is 1. The van der Waals surface area contributed by atoms with E-state index in [1.54, 1.807) is 12.3 Å². The minimum atomic E-state index is -0.197. The number of fused-ring (bicyclic) bond motifs is 2. The average molecular weight is 415 g/mol. The van der Waals surface area contributed by atoms with Crippen molar-refractivity contribution in [3.8, 4) is 5.75 Å². The molecule has 1 amide bonds. The van der Waals surface area contributed by atoms with Crippen molar-refractivity contribution in [2.75, 3.05) is 11.9 Å². The van der Waals surface area contributed by atoms with Crippen molar-refractivity contribution >= 4 is 39.0 Å². The molecular weight excluding hydrogens is 388 g/mol. The number of aryl methyl sites for hydroxylation is 3. The fourth-order valence-corrected chi connectivity index (χ4v) is 3.92. The first-order valence-electron chi connectivity index (χ1n) is 10.4. The number of rotatable bonds is 5. The lowest BCUT2D eigenvalue weighted by Crippen LogP contribution is -2.10. The Morgan fingerprint density at radius 3 is 2.71 bits per heavy atom. The molecule has 0 aliphatic carbocycles. The van der Waals surface area contributed by atoms with Gasteiger partial charge >= 0.3 is 0 Å². The first-order chi connectivity index (χ1) is 14.9. The molecule has 0 saturated carbocycles. The number of nitrogens with one attached hydrogen (secondary N) is 1. The Balaban J connectivity index is 1.73. The number of pyridine rings is 1. The molecule has 5 heteroatoms. The summed E-state index contributed by atoms with van der Waals surface area (Å²) in [7, 11) is 0. The summed E-state index contributed by atoms with van der Waals surface area (Å²) in [6.07, 6.45) is 3.36. The maximum atomic E-state index is 12.9. The standard InChI is InChI=1S/C26H26N2O3/c1-6-30-25-18(5)26-21(16(3)14-31-26)13-20(25)15(2)11-24(29)28-23-12-17(4)27-22-10-8-7-9-19(22)23/h7-14H,6H2,1-5H3,(H,27,28,29)/b15-11+. The number of nitrogens with zero attached hydrogens (tertiary/aromatic N) is 1. The van der Waals surface area contributed by atoms with Crippen LogP contribution in [0.2, 0.25) is 0 Å². The van der Waals surface area contributed by atoms with E-state index in [0.29, 0.717) is 6.61 Å². The van der Waals surface area contributed by atoms with Gasteiger partial charge in [-0.25, -0.2) is 0 Å². The third-order valence-electron chi connectivity index (χ3n) is 5.40. The molecule has 0 fully saturated rings. The molecule has 0 saturated heterocycles. The third kappa shape index (κ3) is 3.91. The van der Waals surface area contributed by atoms with E-state index < -0.39 is 0 Å². The molecule has 5 nitrogen and oxygen atoms in total. The van der Waals surface area contributed by atoms with Crippen molar-refractivity contribution in [2.45, 2.75) is 34.6 Å². The summed E-state index contributed by atoms with van der Waals surface area (Å²) in [5, 5.41) is 4.96. The van der Waals surface area contributed by atoms with Crippen LogP contribution in [-0.2, 0) is 4.79 Å². The van der Waals surface area contributed by atoms with Gasteiger partial charge in [-0.05, 0) is 64.0 Å². The van der Waals surface area contributed by atoms with Gasteiger partial charge in [-0.1, -0.05) is 18.2 Å². The van der Waals surface area contributed by atoms with Crippen molar-refractivity contribution < 1.29 is 13.9 Å². The second-order valence-electron chi connectivity index (χ2n) is 7.75. The molecule has 0 aliphatic heterocycles. The number of aromatic nitrogens is 1. The van der Waals surface area contributed by atoms with Crippen LogP contribution in [0.25, 0.3) is 27.4 Å². The van der Waals surface area contributed by atoms with E-state index in [1.807, 2.05) is 71.0 Å². The molecule has 1 N–H and O–H groups in total. The largest absolute Gasteiger partial charge is 0.493 e. The van der Waals surface area contributed by atoms with Crippen LogP contribution >= 0.6 is 0 Å². The minimum absolute atomic E-state index is 0.197. The highest BCUT2D eigenvalue weighted by atomic mass is 16.5. The zero-order valence-electron chi connectivity index (χ0n) is 18.5. The van der Waals surface area contributed by atoms with Gasteiger partial charge in [0.2, 0.25) is 5.91 Å². The number of carbonyl (C=O) groups excluding carboxylic acids is 1. The average Bonchev–Trinajstić information content (AvgIpc) is 3.10. The molecule has 2 aromatic carbocycles. The highest BCUT2D eigenvalue weighted by molar-refractivity contribution is 6.08. The van der Waals surface area contributed by atoms with E-state index in [4.69, 9.17) is 9.15 Å². The monoisotopic (exact) mass is 414 g/mol.